The Morgan fingerprint density at radius 1 is 1.00 bits per heavy atom. The highest BCUT2D eigenvalue weighted by atomic mass is 19.3. The summed E-state index contributed by atoms with van der Waals surface area (Å²) < 4.78 is 24.8. The largest absolute Gasteiger partial charge is 0.412 e. The van der Waals surface area contributed by atoms with Crippen LogP contribution < -0.4 is 0 Å². The van der Waals surface area contributed by atoms with Crippen LogP contribution in [0.2, 0.25) is 0 Å². The lowest BCUT2D eigenvalue weighted by Gasteiger charge is -2.07. The zero-order valence-electron chi connectivity index (χ0n) is 9.40. The Bertz CT molecular complexity index is 150. The summed E-state index contributed by atoms with van der Waals surface area (Å²) in [6, 6.07) is 0. The van der Waals surface area contributed by atoms with E-state index >= 15 is 0 Å². The van der Waals surface area contributed by atoms with E-state index in [2.05, 4.69) is 6.92 Å². The first kappa shape index (κ1) is 16.9. The number of hydrogen-bond donors (Lipinski definition) is 0. The van der Waals surface area contributed by atoms with Crippen LogP contribution in [0, 0.1) is 0 Å². The second-order valence-electron chi connectivity index (χ2n) is 3.75. The molecule has 0 heterocycles. The molecule has 0 fully saturated rings. The summed E-state index contributed by atoms with van der Waals surface area (Å²) in [5.41, 5.74) is 0. The van der Waals surface area contributed by atoms with Gasteiger partial charge in [0.1, 0.15) is 0 Å². The minimum atomic E-state index is -3.09. The van der Waals surface area contributed by atoms with E-state index in [1.165, 1.54) is 19.3 Å². The zero-order chi connectivity index (χ0) is 10.9. The SMILES string of the molecule is CCCCCCCCCC(F)(F)C=O.O. The van der Waals surface area contributed by atoms with Crippen LogP contribution in [-0.4, -0.2) is 17.7 Å². The molecule has 0 radical (unpaired) electrons. The summed E-state index contributed by atoms with van der Waals surface area (Å²) in [6.45, 7) is 2.14. The summed E-state index contributed by atoms with van der Waals surface area (Å²) in [6.07, 6.45) is 6.49. The van der Waals surface area contributed by atoms with Crippen molar-refractivity contribution in [2.45, 2.75) is 64.2 Å². The lowest BCUT2D eigenvalue weighted by atomic mass is 10.1. The van der Waals surface area contributed by atoms with E-state index < -0.39 is 5.92 Å². The fraction of sp³-hybridized carbons (Fsp3) is 0.909. The first-order valence-corrected chi connectivity index (χ1v) is 5.46. The van der Waals surface area contributed by atoms with Crippen LogP contribution in [0.3, 0.4) is 0 Å². The van der Waals surface area contributed by atoms with Crippen molar-refractivity contribution in [3.8, 4) is 0 Å². The van der Waals surface area contributed by atoms with E-state index in [0.717, 1.165) is 19.3 Å². The van der Waals surface area contributed by atoms with Crippen LogP contribution in [0.5, 0.6) is 0 Å². The highest BCUT2D eigenvalue weighted by molar-refractivity contribution is 5.59. The molecule has 0 aliphatic carbocycles. The summed E-state index contributed by atoms with van der Waals surface area (Å²) in [5, 5.41) is 0. The Balaban J connectivity index is 0. The van der Waals surface area contributed by atoms with Crippen LogP contribution in [-0.2, 0) is 4.79 Å². The lowest BCUT2D eigenvalue weighted by Crippen LogP contribution is -2.16. The third kappa shape index (κ3) is 11.4. The highest BCUT2D eigenvalue weighted by Crippen LogP contribution is 2.19. The highest BCUT2D eigenvalue weighted by Gasteiger charge is 2.26. The van der Waals surface area contributed by atoms with Crippen molar-refractivity contribution < 1.29 is 19.1 Å². The Hall–Kier alpha value is -0.510. The van der Waals surface area contributed by atoms with Gasteiger partial charge in [-0.25, -0.2) is 0 Å². The van der Waals surface area contributed by atoms with Gasteiger partial charge in [-0.05, 0) is 6.42 Å². The molecule has 2 nitrogen and oxygen atoms in total. The number of unbranched alkanes of at least 4 members (excludes halogenated alkanes) is 6. The van der Waals surface area contributed by atoms with Crippen LogP contribution in [0.15, 0.2) is 0 Å². The molecule has 0 saturated carbocycles. The standard InChI is InChI=1S/C11H20F2O.H2O/c1-2-3-4-5-6-7-8-9-11(12,13)10-14;/h10H,2-9H2,1H3;1H2. The molecule has 4 heteroatoms. The normalized spacial score (nSPS) is 10.9. The monoisotopic (exact) mass is 224 g/mol. The van der Waals surface area contributed by atoms with E-state index in [9.17, 15) is 13.6 Å². The van der Waals surface area contributed by atoms with Gasteiger partial charge in [-0.2, -0.15) is 8.78 Å². The molecule has 0 amide bonds. The van der Waals surface area contributed by atoms with Gasteiger partial charge in [0.25, 0.3) is 0 Å². The predicted octanol–water partition coefficient (Wildman–Crippen LogP) is 3.14. The van der Waals surface area contributed by atoms with E-state index in [0.29, 0.717) is 6.42 Å². The molecule has 0 spiro atoms. The van der Waals surface area contributed by atoms with Gasteiger partial charge in [0, 0.05) is 6.42 Å². The minimum absolute atomic E-state index is 0. The molecular weight excluding hydrogens is 202 g/mol. The molecule has 0 rings (SSSR count). The molecule has 0 saturated heterocycles. The molecule has 2 N–H and O–H groups in total. The second kappa shape index (κ2) is 10.0. The molecular formula is C11H22F2O2. The maximum Gasteiger partial charge on any atom is 0.302 e. The maximum atomic E-state index is 12.4. The first-order chi connectivity index (χ1) is 6.62. The van der Waals surface area contributed by atoms with E-state index in [1.807, 2.05) is 0 Å². The average molecular weight is 224 g/mol. The Kier molecular flexibility index (Phi) is 11.3. The van der Waals surface area contributed by atoms with Gasteiger partial charge >= 0.3 is 5.92 Å². The Labute approximate surface area is 90.4 Å². The number of carbonyl (C=O) groups excluding carboxylic acids is 1. The third-order valence-corrected chi connectivity index (χ3v) is 2.29. The number of carbonyl (C=O) groups is 1. The molecule has 0 aromatic rings. The van der Waals surface area contributed by atoms with Crippen LogP contribution in [0.4, 0.5) is 8.78 Å². The molecule has 0 bridgehead atoms. The average Bonchev–Trinajstić information content (AvgIpc) is 2.16. The van der Waals surface area contributed by atoms with Gasteiger partial charge in [-0.3, -0.25) is 4.79 Å². The van der Waals surface area contributed by atoms with Gasteiger partial charge < -0.3 is 5.48 Å². The topological polar surface area (TPSA) is 48.6 Å². The number of rotatable bonds is 9. The van der Waals surface area contributed by atoms with Gasteiger partial charge in [-0.15, -0.1) is 0 Å². The van der Waals surface area contributed by atoms with Gasteiger partial charge in [-0.1, -0.05) is 45.4 Å². The number of hydrogen-bond acceptors (Lipinski definition) is 1. The second-order valence-corrected chi connectivity index (χ2v) is 3.75. The van der Waals surface area contributed by atoms with Crippen LogP contribution in [0.1, 0.15) is 58.3 Å². The summed E-state index contributed by atoms with van der Waals surface area (Å²) in [4.78, 5) is 9.88. The Morgan fingerprint density at radius 2 is 1.47 bits per heavy atom. The van der Waals surface area contributed by atoms with E-state index in [-0.39, 0.29) is 18.2 Å². The predicted molar refractivity (Wildman–Crippen MR) is 57.2 cm³/mol. The van der Waals surface area contributed by atoms with Crippen molar-refractivity contribution in [2.24, 2.45) is 0 Å². The van der Waals surface area contributed by atoms with Gasteiger partial charge in [0.15, 0.2) is 6.29 Å². The summed E-state index contributed by atoms with van der Waals surface area (Å²) >= 11 is 0. The molecule has 0 aromatic carbocycles. The molecule has 0 aromatic heterocycles. The molecule has 92 valence electrons. The van der Waals surface area contributed by atoms with Crippen molar-refractivity contribution in [1.29, 1.82) is 0 Å². The maximum absolute atomic E-state index is 12.4. The minimum Gasteiger partial charge on any atom is -0.412 e. The van der Waals surface area contributed by atoms with Crippen molar-refractivity contribution >= 4 is 6.29 Å². The fourth-order valence-corrected chi connectivity index (χ4v) is 1.38. The lowest BCUT2D eigenvalue weighted by molar-refractivity contribution is -0.130. The first-order valence-electron chi connectivity index (χ1n) is 5.46. The third-order valence-electron chi connectivity index (χ3n) is 2.29. The molecule has 15 heavy (non-hydrogen) atoms. The zero-order valence-corrected chi connectivity index (χ0v) is 9.40. The van der Waals surface area contributed by atoms with Crippen molar-refractivity contribution in [1.82, 2.24) is 0 Å². The number of halogens is 2. The van der Waals surface area contributed by atoms with Crippen LogP contribution in [0.25, 0.3) is 0 Å². The van der Waals surface area contributed by atoms with Crippen molar-refractivity contribution in [3.05, 3.63) is 0 Å². The number of alkyl halides is 2. The molecule has 0 unspecified atom stereocenters. The van der Waals surface area contributed by atoms with Crippen molar-refractivity contribution in [3.63, 3.8) is 0 Å². The van der Waals surface area contributed by atoms with E-state index in [1.54, 1.807) is 0 Å². The Morgan fingerprint density at radius 3 is 1.93 bits per heavy atom. The van der Waals surface area contributed by atoms with Gasteiger partial charge in [0.05, 0.1) is 0 Å². The summed E-state index contributed by atoms with van der Waals surface area (Å²) in [5.74, 6) is -3.09. The van der Waals surface area contributed by atoms with Gasteiger partial charge in [0.2, 0.25) is 0 Å². The fourth-order valence-electron chi connectivity index (χ4n) is 1.38. The summed E-state index contributed by atoms with van der Waals surface area (Å²) in [7, 11) is 0. The quantitative estimate of drug-likeness (QED) is 0.438. The molecule has 0 aliphatic rings. The van der Waals surface area contributed by atoms with Crippen LogP contribution >= 0.6 is 0 Å². The smallest absolute Gasteiger partial charge is 0.302 e. The molecule has 0 aliphatic heterocycles. The van der Waals surface area contributed by atoms with E-state index in [4.69, 9.17) is 0 Å². The van der Waals surface area contributed by atoms with Crippen molar-refractivity contribution in [2.75, 3.05) is 0 Å². The molecule has 0 atom stereocenters. The number of aldehydes is 1.